The molecule has 0 saturated carbocycles. The van der Waals surface area contributed by atoms with Crippen LogP contribution in [0.25, 0.3) is 6.08 Å². The molecule has 1 heterocycles. The van der Waals surface area contributed by atoms with Crippen molar-refractivity contribution in [2.45, 2.75) is 26.2 Å². The molecule has 0 spiro atoms. The number of rotatable bonds is 3. The Labute approximate surface area is 139 Å². The number of carboxylic acid groups (broad SMARTS) is 1. The van der Waals surface area contributed by atoms with E-state index in [1.165, 1.54) is 5.56 Å². The Morgan fingerprint density at radius 3 is 2.41 bits per heavy atom. The molecule has 4 nitrogen and oxygen atoms in total. The van der Waals surface area contributed by atoms with Crippen LogP contribution in [0.3, 0.4) is 0 Å². The van der Waals surface area contributed by atoms with Crippen LogP contribution in [-0.2, 0) is 15.0 Å². The van der Waals surface area contributed by atoms with Crippen molar-refractivity contribution < 1.29 is 14.7 Å². The van der Waals surface area contributed by atoms with E-state index >= 15 is 0 Å². The van der Waals surface area contributed by atoms with Crippen molar-refractivity contribution in [3.05, 3.63) is 40.3 Å². The normalized spacial score (nSPS) is 17.4. The van der Waals surface area contributed by atoms with Crippen LogP contribution in [0.5, 0.6) is 0 Å². The SMILES string of the molecule is CC(C)(C)c1ccc(/C=C2/SC(=S)N(CC(=O)O)C2=O)cc1. The standard InChI is InChI=1S/C16H17NO3S2/c1-16(2,3)11-6-4-10(5-7-11)8-12-14(20)17(9-13(18)19)15(21)22-12/h4-8H,9H2,1-3H3,(H,18,19)/b12-8+. The predicted molar refractivity (Wildman–Crippen MR) is 92.7 cm³/mol. The van der Waals surface area contributed by atoms with Crippen molar-refractivity contribution >= 4 is 46.3 Å². The lowest BCUT2D eigenvalue weighted by Gasteiger charge is -2.18. The highest BCUT2D eigenvalue weighted by atomic mass is 32.2. The van der Waals surface area contributed by atoms with Crippen molar-refractivity contribution in [1.82, 2.24) is 4.90 Å². The van der Waals surface area contributed by atoms with Crippen LogP contribution < -0.4 is 0 Å². The first kappa shape index (κ1) is 16.7. The fourth-order valence-electron chi connectivity index (χ4n) is 2.00. The van der Waals surface area contributed by atoms with E-state index in [9.17, 15) is 9.59 Å². The van der Waals surface area contributed by atoms with Gasteiger partial charge in [0.15, 0.2) is 0 Å². The third-order valence-corrected chi connectivity index (χ3v) is 4.62. The fraction of sp³-hybridized carbons (Fsp3) is 0.312. The highest BCUT2D eigenvalue weighted by Gasteiger charge is 2.33. The van der Waals surface area contributed by atoms with Gasteiger partial charge in [0.2, 0.25) is 0 Å². The summed E-state index contributed by atoms with van der Waals surface area (Å²) in [7, 11) is 0. The van der Waals surface area contributed by atoms with Crippen LogP contribution in [0.15, 0.2) is 29.2 Å². The number of thiocarbonyl (C=S) groups is 1. The number of carboxylic acids is 1. The van der Waals surface area contributed by atoms with Crippen molar-refractivity contribution in [2.24, 2.45) is 0 Å². The van der Waals surface area contributed by atoms with Gasteiger partial charge in [0.05, 0.1) is 4.91 Å². The summed E-state index contributed by atoms with van der Waals surface area (Å²) in [5, 5.41) is 8.81. The number of nitrogens with zero attached hydrogens (tertiary/aromatic N) is 1. The van der Waals surface area contributed by atoms with Crippen LogP contribution in [0.4, 0.5) is 0 Å². The molecule has 1 aromatic carbocycles. The van der Waals surface area contributed by atoms with Gasteiger partial charge in [-0.2, -0.15) is 0 Å². The molecule has 0 unspecified atom stereocenters. The van der Waals surface area contributed by atoms with E-state index in [1.807, 2.05) is 24.3 Å². The van der Waals surface area contributed by atoms with E-state index in [2.05, 4.69) is 20.8 Å². The molecule has 1 aromatic rings. The second-order valence-electron chi connectivity index (χ2n) is 6.03. The molecule has 0 radical (unpaired) electrons. The Morgan fingerprint density at radius 2 is 1.91 bits per heavy atom. The van der Waals surface area contributed by atoms with Gasteiger partial charge >= 0.3 is 5.97 Å². The molecule has 116 valence electrons. The number of amides is 1. The number of benzene rings is 1. The molecule has 1 aliphatic rings. The van der Waals surface area contributed by atoms with Crippen LogP contribution in [0, 0.1) is 0 Å². The molecule has 2 rings (SSSR count). The van der Waals surface area contributed by atoms with Gasteiger partial charge in [-0.3, -0.25) is 14.5 Å². The Balaban J connectivity index is 2.22. The maximum atomic E-state index is 12.2. The van der Waals surface area contributed by atoms with Gasteiger partial charge in [-0.15, -0.1) is 0 Å². The third kappa shape index (κ3) is 3.75. The Hall–Kier alpha value is -1.66. The van der Waals surface area contributed by atoms with Gasteiger partial charge < -0.3 is 5.11 Å². The molecule has 0 aliphatic carbocycles. The minimum absolute atomic E-state index is 0.0729. The molecule has 0 aromatic heterocycles. The molecular formula is C16H17NO3S2. The molecule has 0 atom stereocenters. The zero-order valence-corrected chi connectivity index (χ0v) is 14.3. The Kier molecular flexibility index (Phi) is 4.72. The molecule has 1 N–H and O–H groups in total. The molecule has 1 saturated heterocycles. The number of thioether (sulfide) groups is 1. The molecule has 22 heavy (non-hydrogen) atoms. The van der Waals surface area contributed by atoms with Gasteiger partial charge in [0.25, 0.3) is 5.91 Å². The van der Waals surface area contributed by atoms with E-state index in [0.717, 1.165) is 22.2 Å². The van der Waals surface area contributed by atoms with E-state index in [0.29, 0.717) is 4.91 Å². The number of hydrogen-bond acceptors (Lipinski definition) is 4. The first-order valence-corrected chi connectivity index (χ1v) is 7.98. The van der Waals surface area contributed by atoms with Gasteiger partial charge in [-0.1, -0.05) is 69.0 Å². The zero-order chi connectivity index (χ0) is 16.5. The van der Waals surface area contributed by atoms with Crippen LogP contribution >= 0.6 is 24.0 Å². The maximum Gasteiger partial charge on any atom is 0.323 e. The quantitative estimate of drug-likeness (QED) is 0.679. The monoisotopic (exact) mass is 335 g/mol. The largest absolute Gasteiger partial charge is 0.480 e. The summed E-state index contributed by atoms with van der Waals surface area (Å²) in [5.74, 6) is -1.43. The van der Waals surface area contributed by atoms with Gasteiger partial charge in [-0.05, 0) is 22.6 Å². The number of hydrogen-bond donors (Lipinski definition) is 1. The molecule has 6 heteroatoms. The maximum absolute atomic E-state index is 12.2. The third-order valence-electron chi connectivity index (χ3n) is 3.24. The summed E-state index contributed by atoms with van der Waals surface area (Å²) >= 11 is 6.20. The molecule has 1 aliphatic heterocycles. The molecule has 1 fully saturated rings. The van der Waals surface area contributed by atoms with Crippen molar-refractivity contribution in [3.63, 3.8) is 0 Å². The zero-order valence-electron chi connectivity index (χ0n) is 12.6. The van der Waals surface area contributed by atoms with Crippen molar-refractivity contribution in [3.8, 4) is 0 Å². The van der Waals surface area contributed by atoms with E-state index in [4.69, 9.17) is 17.3 Å². The van der Waals surface area contributed by atoms with Crippen LogP contribution in [0.1, 0.15) is 31.9 Å². The number of carbonyl (C=O) groups excluding carboxylic acids is 1. The van der Waals surface area contributed by atoms with Gasteiger partial charge in [-0.25, -0.2) is 0 Å². The summed E-state index contributed by atoms with van der Waals surface area (Å²) < 4.78 is 0.282. The number of aliphatic carboxylic acids is 1. The second-order valence-corrected chi connectivity index (χ2v) is 7.71. The smallest absolute Gasteiger partial charge is 0.323 e. The number of carbonyl (C=O) groups is 2. The summed E-state index contributed by atoms with van der Waals surface area (Å²) in [5.41, 5.74) is 2.18. The topological polar surface area (TPSA) is 57.6 Å². The average Bonchev–Trinajstić information content (AvgIpc) is 2.66. The van der Waals surface area contributed by atoms with E-state index in [-0.39, 0.29) is 15.6 Å². The predicted octanol–water partition coefficient (Wildman–Crippen LogP) is 3.27. The lowest BCUT2D eigenvalue weighted by molar-refractivity contribution is -0.140. The van der Waals surface area contributed by atoms with Crippen molar-refractivity contribution in [2.75, 3.05) is 6.54 Å². The van der Waals surface area contributed by atoms with Gasteiger partial charge in [0.1, 0.15) is 10.9 Å². The average molecular weight is 335 g/mol. The lowest BCUT2D eigenvalue weighted by Crippen LogP contribution is -2.33. The minimum Gasteiger partial charge on any atom is -0.480 e. The highest BCUT2D eigenvalue weighted by Crippen LogP contribution is 2.32. The second kappa shape index (κ2) is 6.22. The van der Waals surface area contributed by atoms with Crippen LogP contribution in [0.2, 0.25) is 0 Å². The first-order chi connectivity index (χ1) is 10.2. The first-order valence-electron chi connectivity index (χ1n) is 6.76. The van der Waals surface area contributed by atoms with Gasteiger partial charge in [0, 0.05) is 0 Å². The fourth-order valence-corrected chi connectivity index (χ4v) is 3.26. The summed E-state index contributed by atoms with van der Waals surface area (Å²) in [4.78, 5) is 24.5. The lowest BCUT2D eigenvalue weighted by atomic mass is 9.87. The van der Waals surface area contributed by atoms with Crippen LogP contribution in [-0.4, -0.2) is 32.7 Å². The van der Waals surface area contributed by atoms with E-state index in [1.54, 1.807) is 6.08 Å². The van der Waals surface area contributed by atoms with E-state index < -0.39 is 12.5 Å². The highest BCUT2D eigenvalue weighted by molar-refractivity contribution is 8.26. The summed E-state index contributed by atoms with van der Waals surface area (Å²) in [6.45, 7) is 6.02. The Morgan fingerprint density at radius 1 is 1.32 bits per heavy atom. The molecule has 1 amide bonds. The summed E-state index contributed by atoms with van der Waals surface area (Å²) in [6, 6.07) is 7.96. The van der Waals surface area contributed by atoms with Crippen molar-refractivity contribution in [1.29, 1.82) is 0 Å². The Bertz CT molecular complexity index is 657. The molecular weight excluding hydrogens is 318 g/mol. The minimum atomic E-state index is -1.08. The summed E-state index contributed by atoms with van der Waals surface area (Å²) in [6.07, 6.45) is 1.74. The molecule has 0 bridgehead atoms.